The normalized spacial score (nSPS) is 41.7. The van der Waals surface area contributed by atoms with E-state index in [9.17, 15) is 13.9 Å². The molecular formula is C16H26F2O3. The molecule has 0 radical (unpaired) electrons. The molecule has 0 aliphatic heterocycles. The lowest BCUT2D eigenvalue weighted by molar-refractivity contribution is -0.220. The first kappa shape index (κ1) is 15.6. The predicted molar refractivity (Wildman–Crippen MR) is 74.4 cm³/mol. The predicted octanol–water partition coefficient (Wildman–Crippen LogP) is 3.15. The van der Waals surface area contributed by atoms with Crippen molar-refractivity contribution in [2.24, 2.45) is 11.8 Å². The number of rotatable bonds is 7. The number of alkyl halides is 2. The van der Waals surface area contributed by atoms with Crippen molar-refractivity contribution in [2.45, 2.75) is 69.0 Å². The van der Waals surface area contributed by atoms with E-state index in [4.69, 9.17) is 9.47 Å². The molecular weight excluding hydrogens is 278 g/mol. The highest BCUT2D eigenvalue weighted by Crippen LogP contribution is 2.58. The molecule has 3 nitrogen and oxygen atoms in total. The fourth-order valence-electron chi connectivity index (χ4n) is 5.00. The van der Waals surface area contributed by atoms with Crippen LogP contribution in [0.3, 0.4) is 0 Å². The van der Waals surface area contributed by atoms with Crippen molar-refractivity contribution in [1.82, 2.24) is 0 Å². The molecule has 4 bridgehead atoms. The molecule has 5 heteroatoms. The first-order valence-corrected chi connectivity index (χ1v) is 8.10. The van der Waals surface area contributed by atoms with Gasteiger partial charge >= 0.3 is 0 Å². The van der Waals surface area contributed by atoms with Crippen LogP contribution in [0, 0.1) is 11.8 Å². The molecule has 0 saturated heterocycles. The van der Waals surface area contributed by atoms with Crippen LogP contribution in [0.2, 0.25) is 0 Å². The Kier molecular flexibility index (Phi) is 4.04. The van der Waals surface area contributed by atoms with E-state index in [2.05, 4.69) is 0 Å². The summed E-state index contributed by atoms with van der Waals surface area (Å²) in [5, 5.41) is 10.6. The first-order valence-electron chi connectivity index (χ1n) is 8.10. The number of hydrogen-bond acceptors (Lipinski definition) is 3. The van der Waals surface area contributed by atoms with E-state index in [1.165, 1.54) is 6.42 Å². The van der Waals surface area contributed by atoms with Crippen LogP contribution in [-0.2, 0) is 9.47 Å². The molecule has 122 valence electrons. The summed E-state index contributed by atoms with van der Waals surface area (Å²) in [6.45, 7) is 1.17. The van der Waals surface area contributed by atoms with Gasteiger partial charge in [0, 0.05) is 26.6 Å². The Morgan fingerprint density at radius 1 is 1.14 bits per heavy atom. The van der Waals surface area contributed by atoms with E-state index in [1.807, 2.05) is 0 Å². The van der Waals surface area contributed by atoms with Crippen LogP contribution in [0.15, 0.2) is 0 Å². The summed E-state index contributed by atoms with van der Waals surface area (Å²) >= 11 is 0. The maximum Gasteiger partial charge on any atom is 0.268 e. The number of aliphatic hydroxyl groups is 1. The molecule has 0 aromatic carbocycles. The van der Waals surface area contributed by atoms with Gasteiger partial charge < -0.3 is 14.6 Å². The topological polar surface area (TPSA) is 38.7 Å². The zero-order valence-electron chi connectivity index (χ0n) is 12.7. The minimum absolute atomic E-state index is 0.159. The van der Waals surface area contributed by atoms with E-state index in [0.29, 0.717) is 31.5 Å². The highest BCUT2D eigenvalue weighted by Gasteiger charge is 2.57. The quantitative estimate of drug-likeness (QED) is 0.734. The first-order chi connectivity index (χ1) is 9.78. The zero-order valence-corrected chi connectivity index (χ0v) is 12.7. The molecule has 21 heavy (non-hydrogen) atoms. The Morgan fingerprint density at radius 3 is 2.38 bits per heavy atom. The third kappa shape index (κ3) is 3.74. The Balaban J connectivity index is 1.41. The standard InChI is InChI=1S/C16H26F2O3/c1-14(17,18)11-20-3-2-4-21-16-8-12-5-13(9-16)7-15(19,6-12)10-16/h12-13,19H,2-11H2,1H3. The van der Waals surface area contributed by atoms with Gasteiger partial charge in [-0.25, -0.2) is 8.78 Å². The molecule has 0 amide bonds. The average Bonchev–Trinajstić information content (AvgIpc) is 2.29. The number of hydrogen-bond donors (Lipinski definition) is 1. The summed E-state index contributed by atoms with van der Waals surface area (Å²) in [6.07, 6.45) is 6.60. The summed E-state index contributed by atoms with van der Waals surface area (Å²) in [5.41, 5.74) is -0.668. The number of ether oxygens (including phenoxy) is 2. The molecule has 2 atom stereocenters. The van der Waals surface area contributed by atoms with Crippen molar-refractivity contribution in [3.63, 3.8) is 0 Å². The Labute approximate surface area is 125 Å². The summed E-state index contributed by atoms with van der Waals surface area (Å²) in [6, 6.07) is 0. The van der Waals surface area contributed by atoms with Crippen molar-refractivity contribution in [3.05, 3.63) is 0 Å². The monoisotopic (exact) mass is 304 g/mol. The van der Waals surface area contributed by atoms with Crippen LogP contribution in [0.5, 0.6) is 0 Å². The lowest BCUT2D eigenvalue weighted by Gasteiger charge is -2.59. The third-order valence-electron chi connectivity index (χ3n) is 5.17. The van der Waals surface area contributed by atoms with Crippen LogP contribution in [0.1, 0.15) is 51.9 Å². The van der Waals surface area contributed by atoms with E-state index >= 15 is 0 Å². The fraction of sp³-hybridized carbons (Fsp3) is 1.00. The van der Waals surface area contributed by atoms with Gasteiger partial charge in [-0.1, -0.05) is 0 Å². The molecule has 0 spiro atoms. The van der Waals surface area contributed by atoms with Crippen LogP contribution >= 0.6 is 0 Å². The van der Waals surface area contributed by atoms with Gasteiger partial charge in [-0.2, -0.15) is 0 Å². The average molecular weight is 304 g/mol. The Hall–Kier alpha value is -0.260. The van der Waals surface area contributed by atoms with Crippen molar-refractivity contribution < 1.29 is 23.4 Å². The van der Waals surface area contributed by atoms with Crippen molar-refractivity contribution in [3.8, 4) is 0 Å². The van der Waals surface area contributed by atoms with Gasteiger partial charge in [-0.15, -0.1) is 0 Å². The molecule has 0 aromatic heterocycles. The molecule has 1 N–H and O–H groups in total. The van der Waals surface area contributed by atoms with Gasteiger partial charge in [0.2, 0.25) is 0 Å². The third-order valence-corrected chi connectivity index (χ3v) is 5.17. The lowest BCUT2D eigenvalue weighted by Crippen LogP contribution is -2.60. The Morgan fingerprint density at radius 2 is 1.81 bits per heavy atom. The van der Waals surface area contributed by atoms with E-state index < -0.39 is 18.1 Å². The van der Waals surface area contributed by atoms with Gasteiger partial charge in [0.25, 0.3) is 5.92 Å². The molecule has 4 fully saturated rings. The second-order valence-electron chi connectivity index (χ2n) is 7.69. The Bertz CT molecular complexity index is 366. The van der Waals surface area contributed by atoms with E-state index in [-0.39, 0.29) is 5.60 Å². The highest BCUT2D eigenvalue weighted by molar-refractivity contribution is 5.09. The van der Waals surface area contributed by atoms with Gasteiger partial charge in [0.15, 0.2) is 0 Å². The second kappa shape index (κ2) is 5.43. The van der Waals surface area contributed by atoms with Gasteiger partial charge in [0.1, 0.15) is 6.61 Å². The summed E-state index contributed by atoms with van der Waals surface area (Å²) < 4.78 is 36.3. The van der Waals surface area contributed by atoms with Crippen LogP contribution in [0.25, 0.3) is 0 Å². The lowest BCUT2D eigenvalue weighted by atomic mass is 9.52. The summed E-state index contributed by atoms with van der Waals surface area (Å²) in [7, 11) is 0. The molecule has 2 unspecified atom stereocenters. The molecule has 4 aliphatic rings. The SMILES string of the molecule is CC(F)(F)COCCCOC12CC3CC(CC(O)(C3)C1)C2. The smallest absolute Gasteiger partial charge is 0.268 e. The van der Waals surface area contributed by atoms with Crippen molar-refractivity contribution in [2.75, 3.05) is 19.8 Å². The molecule has 0 aromatic rings. The minimum atomic E-state index is -2.76. The van der Waals surface area contributed by atoms with E-state index in [1.54, 1.807) is 0 Å². The zero-order chi connectivity index (χ0) is 15.1. The van der Waals surface area contributed by atoms with Crippen LogP contribution in [-0.4, -0.2) is 42.1 Å². The van der Waals surface area contributed by atoms with Gasteiger partial charge in [-0.05, 0) is 50.4 Å². The maximum atomic E-state index is 12.6. The van der Waals surface area contributed by atoms with Crippen LogP contribution in [0.4, 0.5) is 8.78 Å². The number of halogens is 2. The largest absolute Gasteiger partial charge is 0.390 e. The second-order valence-corrected chi connectivity index (χ2v) is 7.69. The molecule has 0 heterocycles. The van der Waals surface area contributed by atoms with Crippen LogP contribution < -0.4 is 0 Å². The minimum Gasteiger partial charge on any atom is -0.390 e. The summed E-state index contributed by atoms with van der Waals surface area (Å²) in [5.74, 6) is -1.55. The summed E-state index contributed by atoms with van der Waals surface area (Å²) in [4.78, 5) is 0. The van der Waals surface area contributed by atoms with Gasteiger partial charge in [0.05, 0.1) is 11.2 Å². The van der Waals surface area contributed by atoms with Crippen molar-refractivity contribution in [1.29, 1.82) is 0 Å². The molecule has 4 rings (SSSR count). The fourth-order valence-corrected chi connectivity index (χ4v) is 5.00. The van der Waals surface area contributed by atoms with E-state index in [0.717, 1.165) is 39.0 Å². The highest BCUT2D eigenvalue weighted by atomic mass is 19.3. The molecule has 4 aliphatic carbocycles. The maximum absolute atomic E-state index is 12.6. The van der Waals surface area contributed by atoms with Gasteiger partial charge in [-0.3, -0.25) is 0 Å². The van der Waals surface area contributed by atoms with Crippen molar-refractivity contribution >= 4 is 0 Å². The molecule has 4 saturated carbocycles.